The average molecular weight is 524 g/mol. The summed E-state index contributed by atoms with van der Waals surface area (Å²) in [5.41, 5.74) is -0.948. The molecule has 0 aromatic heterocycles. The van der Waals surface area contributed by atoms with E-state index < -0.39 is 66.6 Å². The van der Waals surface area contributed by atoms with Crippen molar-refractivity contribution >= 4 is 5.91 Å². The Bertz CT molecular complexity index is 808. The maximum absolute atomic E-state index is 15.6. The molecule has 208 valence electrons. The quantitative estimate of drug-likeness (QED) is 0.404. The minimum atomic E-state index is -3.39. The fraction of sp³-hybridized carbons (Fsp3) is 0.875. The predicted octanol–water partition coefficient (Wildman–Crippen LogP) is 1.33. The minimum Gasteiger partial charge on any atom is -0.394 e. The molecule has 3 aliphatic heterocycles. The maximum atomic E-state index is 15.6. The molecule has 0 aliphatic carbocycles. The van der Waals surface area contributed by atoms with Gasteiger partial charge in [0.1, 0.15) is 12.9 Å². The number of carbonyl (C=O) groups excluding carboxylic acids is 1. The first kappa shape index (κ1) is 29.3. The van der Waals surface area contributed by atoms with Crippen LogP contribution in [0, 0.1) is 11.3 Å². The van der Waals surface area contributed by atoms with Gasteiger partial charge in [0.25, 0.3) is 11.8 Å². The van der Waals surface area contributed by atoms with Gasteiger partial charge in [0.05, 0.1) is 30.3 Å². The van der Waals surface area contributed by atoms with E-state index in [1.807, 2.05) is 6.92 Å². The van der Waals surface area contributed by atoms with Crippen LogP contribution in [0.3, 0.4) is 0 Å². The van der Waals surface area contributed by atoms with Crippen LogP contribution < -0.4 is 5.32 Å². The molecule has 3 rings (SSSR count). The fourth-order valence-corrected chi connectivity index (χ4v) is 4.97. The standard InChI is InChI=1S/C24H39F2NO9/c1-12-9-23(32-7,36-14(3)13(12)2)18(29)20(30)27-21-17-19(33-11-34-21)24(25,26)22(4,5)16(35-17)8-15(10-28)31-6/h13-19,21,28-29H,1,8-11H2,2-7H3,(H,27,30)/t13-,14-,15+,16-,17+,18-,19+,21+,23-/m1/s1. The number of fused-ring (bicyclic) bond motifs is 1. The molecule has 0 unspecified atom stereocenters. The van der Waals surface area contributed by atoms with Gasteiger partial charge in [0.15, 0.2) is 18.4 Å². The average Bonchev–Trinajstić information content (AvgIpc) is 2.83. The van der Waals surface area contributed by atoms with E-state index in [2.05, 4.69) is 11.9 Å². The SMILES string of the molecule is C=C1C[C@](OC)([C@H](O)C(=O)N[C@H]2OCO[C@H]3[C@@H]2O[C@H](C[C@@H](CO)OC)C(C)(C)C3(F)F)O[C@H](C)[C@@H]1C. The van der Waals surface area contributed by atoms with Crippen molar-refractivity contribution in [2.24, 2.45) is 11.3 Å². The third-order valence-electron chi connectivity index (χ3n) is 7.95. The van der Waals surface area contributed by atoms with Gasteiger partial charge >= 0.3 is 0 Å². The highest BCUT2D eigenvalue weighted by molar-refractivity contribution is 5.82. The van der Waals surface area contributed by atoms with Gasteiger partial charge in [0, 0.05) is 33.0 Å². The van der Waals surface area contributed by atoms with Crippen molar-refractivity contribution in [3.63, 3.8) is 0 Å². The molecular weight excluding hydrogens is 484 g/mol. The van der Waals surface area contributed by atoms with Crippen LogP contribution in [0.4, 0.5) is 8.78 Å². The maximum Gasteiger partial charge on any atom is 0.283 e. The van der Waals surface area contributed by atoms with Gasteiger partial charge in [0.2, 0.25) is 5.79 Å². The van der Waals surface area contributed by atoms with Crippen molar-refractivity contribution in [1.29, 1.82) is 0 Å². The van der Waals surface area contributed by atoms with Gasteiger partial charge in [-0.05, 0) is 6.92 Å². The molecule has 0 bridgehead atoms. The van der Waals surface area contributed by atoms with Gasteiger partial charge in [-0.15, -0.1) is 0 Å². The van der Waals surface area contributed by atoms with E-state index in [0.717, 1.165) is 5.57 Å². The Morgan fingerprint density at radius 2 is 1.94 bits per heavy atom. The molecule has 36 heavy (non-hydrogen) atoms. The lowest BCUT2D eigenvalue weighted by Crippen LogP contribution is -2.71. The molecule has 0 saturated carbocycles. The monoisotopic (exact) mass is 523 g/mol. The Labute approximate surface area is 210 Å². The van der Waals surface area contributed by atoms with Crippen molar-refractivity contribution in [1.82, 2.24) is 5.32 Å². The number of aliphatic hydroxyl groups is 2. The summed E-state index contributed by atoms with van der Waals surface area (Å²) in [5, 5.41) is 22.9. The summed E-state index contributed by atoms with van der Waals surface area (Å²) in [6.07, 6.45) is -8.46. The zero-order chi connectivity index (χ0) is 27.1. The van der Waals surface area contributed by atoms with Crippen molar-refractivity contribution in [2.75, 3.05) is 27.6 Å². The molecular formula is C24H39F2NO9. The molecule has 3 heterocycles. The van der Waals surface area contributed by atoms with E-state index in [1.165, 1.54) is 28.1 Å². The van der Waals surface area contributed by atoms with Crippen molar-refractivity contribution in [3.8, 4) is 0 Å². The lowest BCUT2D eigenvalue weighted by molar-refractivity contribution is -0.372. The Morgan fingerprint density at radius 3 is 2.50 bits per heavy atom. The number of hydrogen-bond acceptors (Lipinski definition) is 9. The van der Waals surface area contributed by atoms with Crippen LogP contribution in [0.1, 0.15) is 40.5 Å². The van der Waals surface area contributed by atoms with Gasteiger partial charge in [-0.2, -0.15) is 0 Å². The summed E-state index contributed by atoms with van der Waals surface area (Å²) < 4.78 is 64.5. The summed E-state index contributed by atoms with van der Waals surface area (Å²) in [6, 6.07) is 0. The Hall–Kier alpha value is -1.25. The summed E-state index contributed by atoms with van der Waals surface area (Å²) in [4.78, 5) is 13.1. The second kappa shape index (κ2) is 10.9. The normalized spacial score (nSPS) is 39.7. The topological polar surface area (TPSA) is 125 Å². The van der Waals surface area contributed by atoms with Crippen LogP contribution in [-0.2, 0) is 33.2 Å². The smallest absolute Gasteiger partial charge is 0.283 e. The fourth-order valence-electron chi connectivity index (χ4n) is 4.97. The Morgan fingerprint density at radius 1 is 1.28 bits per heavy atom. The van der Waals surface area contributed by atoms with Gasteiger partial charge < -0.3 is 44.0 Å². The van der Waals surface area contributed by atoms with E-state index in [-0.39, 0.29) is 31.5 Å². The first-order valence-electron chi connectivity index (χ1n) is 12.0. The highest BCUT2D eigenvalue weighted by Crippen LogP contribution is 2.52. The molecule has 10 nitrogen and oxygen atoms in total. The summed E-state index contributed by atoms with van der Waals surface area (Å²) in [5.74, 6) is -6.05. The second-order valence-corrected chi connectivity index (χ2v) is 10.4. The van der Waals surface area contributed by atoms with Gasteiger partial charge in [-0.25, -0.2) is 8.78 Å². The van der Waals surface area contributed by atoms with E-state index in [9.17, 15) is 15.0 Å². The molecule has 3 N–H and O–H groups in total. The first-order valence-corrected chi connectivity index (χ1v) is 12.0. The Kier molecular flexibility index (Phi) is 8.84. The molecule has 1 amide bonds. The molecule has 0 radical (unpaired) electrons. The molecule has 3 fully saturated rings. The highest BCUT2D eigenvalue weighted by Gasteiger charge is 2.67. The lowest BCUT2D eigenvalue weighted by atomic mass is 9.71. The number of aliphatic hydroxyl groups excluding tert-OH is 2. The summed E-state index contributed by atoms with van der Waals surface area (Å²) >= 11 is 0. The molecule has 3 aliphatic rings. The molecule has 0 aromatic rings. The third-order valence-corrected chi connectivity index (χ3v) is 7.95. The van der Waals surface area contributed by atoms with E-state index >= 15 is 8.78 Å². The number of carbonyl (C=O) groups is 1. The Balaban J connectivity index is 1.81. The number of halogens is 2. The van der Waals surface area contributed by atoms with Crippen molar-refractivity contribution < 1.29 is 52.2 Å². The molecule has 9 atom stereocenters. The van der Waals surface area contributed by atoms with Gasteiger partial charge in [-0.1, -0.05) is 32.9 Å². The first-order chi connectivity index (χ1) is 16.8. The van der Waals surface area contributed by atoms with Crippen molar-refractivity contribution in [3.05, 3.63) is 12.2 Å². The zero-order valence-corrected chi connectivity index (χ0v) is 21.7. The van der Waals surface area contributed by atoms with Crippen molar-refractivity contribution in [2.45, 2.75) is 95.1 Å². The summed E-state index contributed by atoms with van der Waals surface area (Å²) in [7, 11) is 2.67. The summed E-state index contributed by atoms with van der Waals surface area (Å²) in [6.45, 7) is 9.50. The lowest BCUT2D eigenvalue weighted by Gasteiger charge is -2.54. The molecule has 0 aromatic carbocycles. The largest absolute Gasteiger partial charge is 0.394 e. The van der Waals surface area contributed by atoms with Crippen LogP contribution in [-0.4, -0.2) is 98.3 Å². The van der Waals surface area contributed by atoms with Crippen LogP contribution >= 0.6 is 0 Å². The highest BCUT2D eigenvalue weighted by atomic mass is 19.3. The van der Waals surface area contributed by atoms with Crippen LogP contribution in [0.2, 0.25) is 0 Å². The number of alkyl halides is 2. The third kappa shape index (κ3) is 5.06. The van der Waals surface area contributed by atoms with Crippen LogP contribution in [0.5, 0.6) is 0 Å². The van der Waals surface area contributed by atoms with Gasteiger partial charge in [-0.3, -0.25) is 4.79 Å². The number of nitrogens with one attached hydrogen (secondary N) is 1. The molecule has 0 spiro atoms. The van der Waals surface area contributed by atoms with Crippen LogP contribution in [0.25, 0.3) is 0 Å². The van der Waals surface area contributed by atoms with Crippen LogP contribution in [0.15, 0.2) is 12.2 Å². The number of methoxy groups -OCH3 is 2. The molecule has 12 heteroatoms. The molecule has 3 saturated heterocycles. The number of hydrogen-bond donors (Lipinski definition) is 3. The van der Waals surface area contributed by atoms with E-state index in [4.69, 9.17) is 28.4 Å². The van der Waals surface area contributed by atoms with E-state index in [1.54, 1.807) is 6.92 Å². The number of rotatable bonds is 8. The second-order valence-electron chi connectivity index (χ2n) is 10.4. The zero-order valence-electron chi connectivity index (χ0n) is 21.7. The number of amides is 1. The van der Waals surface area contributed by atoms with E-state index in [0.29, 0.717) is 0 Å². The predicted molar refractivity (Wildman–Crippen MR) is 122 cm³/mol. The minimum absolute atomic E-state index is 0.0175. The number of ether oxygens (including phenoxy) is 6.